The number of nitrogens with one attached hydrogen (secondary N) is 2. The molecule has 1 saturated heterocycles. The first kappa shape index (κ1) is 23.1. The van der Waals surface area contributed by atoms with E-state index < -0.39 is 11.7 Å². The molecule has 2 N–H and O–H groups in total. The third-order valence-electron chi connectivity index (χ3n) is 6.58. The lowest BCUT2D eigenvalue weighted by Crippen LogP contribution is -2.51. The summed E-state index contributed by atoms with van der Waals surface area (Å²) in [7, 11) is 0. The number of carbonyl (C=O) groups is 2. The molecule has 0 bridgehead atoms. The molecule has 5 rings (SSSR count). The zero-order chi connectivity index (χ0) is 24.7. The van der Waals surface area contributed by atoms with E-state index in [2.05, 4.69) is 20.2 Å². The van der Waals surface area contributed by atoms with Gasteiger partial charge < -0.3 is 9.88 Å². The Hall–Kier alpha value is -3.66. The van der Waals surface area contributed by atoms with Gasteiger partial charge in [-0.1, -0.05) is 12.1 Å². The molecule has 1 fully saturated rings. The summed E-state index contributed by atoms with van der Waals surface area (Å²) >= 11 is 0. The van der Waals surface area contributed by atoms with E-state index in [-0.39, 0.29) is 24.3 Å². The summed E-state index contributed by atoms with van der Waals surface area (Å²) in [5.74, 6) is -0.132. The zero-order valence-corrected chi connectivity index (χ0v) is 19.0. The van der Waals surface area contributed by atoms with E-state index in [4.69, 9.17) is 0 Å². The summed E-state index contributed by atoms with van der Waals surface area (Å²) in [6, 6.07) is 8.15. The number of anilines is 1. The van der Waals surface area contributed by atoms with Crippen molar-refractivity contribution in [2.75, 3.05) is 24.5 Å². The monoisotopic (exact) mass is 483 g/mol. The first-order valence-corrected chi connectivity index (χ1v) is 11.3. The van der Waals surface area contributed by atoms with Crippen LogP contribution in [0.5, 0.6) is 0 Å². The fraction of sp³-hybridized carbons (Fsp3) is 0.320. The predicted octanol–water partition coefficient (Wildman–Crippen LogP) is 3.62. The van der Waals surface area contributed by atoms with Crippen LogP contribution in [0.2, 0.25) is 0 Å². The Labute approximate surface area is 200 Å². The largest absolute Gasteiger partial charge is 0.417 e. The molecule has 0 saturated carbocycles. The van der Waals surface area contributed by atoms with E-state index >= 15 is 0 Å². The van der Waals surface area contributed by atoms with Crippen molar-refractivity contribution in [3.63, 3.8) is 0 Å². The zero-order valence-electron chi connectivity index (χ0n) is 19.0. The van der Waals surface area contributed by atoms with Gasteiger partial charge in [0.25, 0.3) is 5.91 Å². The van der Waals surface area contributed by atoms with Crippen LogP contribution >= 0.6 is 0 Å². The Morgan fingerprint density at radius 3 is 2.63 bits per heavy atom. The maximum Gasteiger partial charge on any atom is 0.417 e. The van der Waals surface area contributed by atoms with E-state index in [0.717, 1.165) is 47.6 Å². The van der Waals surface area contributed by atoms with E-state index in [1.807, 2.05) is 42.4 Å². The number of amides is 2. The fourth-order valence-electron chi connectivity index (χ4n) is 4.80. The van der Waals surface area contributed by atoms with Crippen molar-refractivity contribution in [3.05, 3.63) is 71.2 Å². The SMILES string of the molecule is C[C@@H]1CN(Cc2c[nH]cc2-c2ccc3c(c2)C(=O)NC(=O)C3)CCN1c1ccc(C(F)(F)F)cn1. The fourth-order valence-corrected chi connectivity index (χ4v) is 4.80. The number of alkyl halides is 3. The normalized spacial score (nSPS) is 19.0. The number of aromatic nitrogens is 2. The molecule has 2 aliphatic heterocycles. The molecule has 1 atom stereocenters. The molecule has 0 radical (unpaired) electrons. The van der Waals surface area contributed by atoms with Gasteiger partial charge >= 0.3 is 6.18 Å². The van der Waals surface area contributed by atoms with Crippen molar-refractivity contribution in [2.45, 2.75) is 32.1 Å². The number of H-pyrrole nitrogens is 1. The van der Waals surface area contributed by atoms with Gasteiger partial charge in [-0.2, -0.15) is 13.2 Å². The van der Waals surface area contributed by atoms with Crippen molar-refractivity contribution in [3.8, 4) is 11.1 Å². The predicted molar refractivity (Wildman–Crippen MR) is 124 cm³/mol. The minimum atomic E-state index is -4.40. The van der Waals surface area contributed by atoms with Crippen LogP contribution in [0.25, 0.3) is 11.1 Å². The molecule has 4 heterocycles. The highest BCUT2D eigenvalue weighted by molar-refractivity contribution is 6.10. The third kappa shape index (κ3) is 4.66. The van der Waals surface area contributed by atoms with Crippen LogP contribution in [0.4, 0.5) is 19.0 Å². The molecule has 7 nitrogen and oxygen atoms in total. The molecule has 1 aromatic carbocycles. The molecule has 2 amide bonds. The van der Waals surface area contributed by atoms with E-state index in [1.54, 1.807) is 0 Å². The van der Waals surface area contributed by atoms with E-state index in [9.17, 15) is 22.8 Å². The number of piperazine rings is 1. The van der Waals surface area contributed by atoms with Gasteiger partial charge in [0.15, 0.2) is 0 Å². The lowest BCUT2D eigenvalue weighted by Gasteiger charge is -2.40. The minimum absolute atomic E-state index is 0.0698. The molecule has 10 heteroatoms. The van der Waals surface area contributed by atoms with Crippen molar-refractivity contribution >= 4 is 17.6 Å². The van der Waals surface area contributed by atoms with Crippen LogP contribution < -0.4 is 10.2 Å². The van der Waals surface area contributed by atoms with Crippen molar-refractivity contribution in [1.82, 2.24) is 20.2 Å². The first-order valence-electron chi connectivity index (χ1n) is 11.3. The van der Waals surface area contributed by atoms with Crippen LogP contribution in [0, 0.1) is 0 Å². The summed E-state index contributed by atoms with van der Waals surface area (Å²) in [5, 5.41) is 2.36. The van der Waals surface area contributed by atoms with Gasteiger partial charge in [0.05, 0.1) is 12.0 Å². The molecule has 35 heavy (non-hydrogen) atoms. The first-order chi connectivity index (χ1) is 16.7. The van der Waals surface area contributed by atoms with Gasteiger partial charge in [-0.05, 0) is 41.8 Å². The third-order valence-corrected chi connectivity index (χ3v) is 6.58. The molecule has 0 unspecified atom stereocenters. The topological polar surface area (TPSA) is 81.3 Å². The number of carbonyl (C=O) groups excluding carboxylic acids is 2. The number of imide groups is 1. The Kier molecular flexibility index (Phi) is 5.84. The van der Waals surface area contributed by atoms with Gasteiger partial charge in [-0.3, -0.25) is 19.8 Å². The summed E-state index contributed by atoms with van der Waals surface area (Å²) in [6.07, 6.45) is 0.511. The smallest absolute Gasteiger partial charge is 0.367 e. The lowest BCUT2D eigenvalue weighted by molar-refractivity contribution is -0.137. The number of rotatable bonds is 4. The van der Waals surface area contributed by atoms with Gasteiger partial charge in [0.2, 0.25) is 5.91 Å². The van der Waals surface area contributed by atoms with Gasteiger partial charge in [0.1, 0.15) is 5.82 Å². The number of halogens is 3. The highest BCUT2D eigenvalue weighted by Crippen LogP contribution is 2.31. The Balaban J connectivity index is 1.28. The minimum Gasteiger partial charge on any atom is -0.367 e. The average molecular weight is 483 g/mol. The van der Waals surface area contributed by atoms with Crippen LogP contribution in [-0.4, -0.2) is 52.4 Å². The molecule has 0 aliphatic carbocycles. The number of pyridine rings is 1. The number of hydrogen-bond donors (Lipinski definition) is 2. The Morgan fingerprint density at radius 2 is 1.91 bits per heavy atom. The van der Waals surface area contributed by atoms with E-state index in [0.29, 0.717) is 24.5 Å². The second-order valence-corrected chi connectivity index (χ2v) is 9.00. The van der Waals surface area contributed by atoms with Gasteiger partial charge in [-0.15, -0.1) is 0 Å². The summed E-state index contributed by atoms with van der Waals surface area (Å²) in [4.78, 5) is 35.4. The van der Waals surface area contributed by atoms with Crippen LogP contribution in [0.1, 0.15) is 34.0 Å². The molecule has 0 spiro atoms. The second kappa shape index (κ2) is 8.84. The standard InChI is InChI=1S/C25H24F3N5O2/c1-15-13-32(6-7-33(15)22-5-4-19(11-30-22)25(26,27)28)14-18-10-29-12-21(18)16-2-3-17-9-23(34)31-24(35)20(17)8-16/h2-5,8,10-12,15,29H,6-7,9,13-14H2,1H3,(H,31,34,35)/t15-/m1/s1. The van der Waals surface area contributed by atoms with Gasteiger partial charge in [0, 0.05) is 61.9 Å². The maximum atomic E-state index is 12.8. The number of hydrogen-bond acceptors (Lipinski definition) is 5. The van der Waals surface area contributed by atoms with Crippen molar-refractivity contribution in [1.29, 1.82) is 0 Å². The maximum absolute atomic E-state index is 12.8. The molecular weight excluding hydrogens is 459 g/mol. The lowest BCUT2D eigenvalue weighted by atomic mass is 9.94. The Morgan fingerprint density at radius 1 is 1.09 bits per heavy atom. The molecular formula is C25H24F3N5O2. The molecule has 3 aromatic rings. The number of aromatic amines is 1. The second-order valence-electron chi connectivity index (χ2n) is 9.00. The molecule has 2 aromatic heterocycles. The van der Waals surface area contributed by atoms with Crippen LogP contribution in [-0.2, 0) is 23.9 Å². The number of nitrogens with zero attached hydrogens (tertiary/aromatic N) is 3. The summed E-state index contributed by atoms with van der Waals surface area (Å²) in [5.41, 5.74) is 3.44. The summed E-state index contributed by atoms with van der Waals surface area (Å²) in [6.45, 7) is 4.81. The molecule has 2 aliphatic rings. The van der Waals surface area contributed by atoms with Crippen LogP contribution in [0.3, 0.4) is 0 Å². The van der Waals surface area contributed by atoms with Crippen LogP contribution in [0.15, 0.2) is 48.9 Å². The quantitative estimate of drug-likeness (QED) is 0.554. The summed E-state index contributed by atoms with van der Waals surface area (Å²) < 4.78 is 38.5. The van der Waals surface area contributed by atoms with E-state index in [1.165, 1.54) is 6.07 Å². The highest BCUT2D eigenvalue weighted by Gasteiger charge is 2.32. The Bertz CT molecular complexity index is 1270. The van der Waals surface area contributed by atoms with Crippen molar-refractivity contribution in [2.24, 2.45) is 0 Å². The van der Waals surface area contributed by atoms with Crippen molar-refractivity contribution < 1.29 is 22.8 Å². The number of benzene rings is 1. The molecule has 182 valence electrons. The van der Waals surface area contributed by atoms with Gasteiger partial charge in [-0.25, -0.2) is 4.98 Å². The highest BCUT2D eigenvalue weighted by atomic mass is 19.4. The number of fused-ring (bicyclic) bond motifs is 1. The average Bonchev–Trinajstić information content (AvgIpc) is 3.26.